The average Bonchev–Trinajstić information content (AvgIpc) is 2.92. The highest BCUT2D eigenvalue weighted by Gasteiger charge is 2.29. The smallest absolute Gasteiger partial charge is 0.261 e. The second kappa shape index (κ2) is 11.6. The minimum atomic E-state index is -0.691. The number of amides is 1. The van der Waals surface area contributed by atoms with Gasteiger partial charge in [0.25, 0.3) is 5.91 Å². The quantitative estimate of drug-likeness (QED) is 0.301. The molecule has 5 rings (SSSR count). The van der Waals surface area contributed by atoms with Crippen LogP contribution in [0.4, 0.5) is 4.39 Å². The van der Waals surface area contributed by atoms with Gasteiger partial charge in [-0.15, -0.1) is 0 Å². The number of carbonyl (C=O) groups excluding carboxylic acids is 1. The number of aryl methyl sites for hydroxylation is 1. The summed E-state index contributed by atoms with van der Waals surface area (Å²) in [5.41, 5.74) is 7.01. The molecule has 0 radical (unpaired) electrons. The second-order valence-corrected chi connectivity index (χ2v) is 9.99. The van der Waals surface area contributed by atoms with E-state index in [0.717, 1.165) is 19.5 Å². The van der Waals surface area contributed by atoms with E-state index in [1.165, 1.54) is 39.9 Å². The van der Waals surface area contributed by atoms with Crippen LogP contribution in [0.15, 0.2) is 97.1 Å². The Balaban J connectivity index is 1.35. The minimum absolute atomic E-state index is 0.0844. The Bertz CT molecular complexity index is 1410. The van der Waals surface area contributed by atoms with Gasteiger partial charge in [0.15, 0.2) is 6.10 Å². The molecule has 5 heteroatoms. The van der Waals surface area contributed by atoms with Gasteiger partial charge >= 0.3 is 0 Å². The van der Waals surface area contributed by atoms with Crippen molar-refractivity contribution >= 4 is 5.91 Å². The lowest BCUT2D eigenvalue weighted by molar-refractivity contribution is -0.127. The second-order valence-electron chi connectivity index (χ2n) is 9.99. The van der Waals surface area contributed by atoms with Crippen LogP contribution in [0.3, 0.4) is 0 Å². The van der Waals surface area contributed by atoms with Crippen LogP contribution in [-0.2, 0) is 24.3 Å². The monoisotopic (exact) mass is 508 g/mol. The fourth-order valence-electron chi connectivity index (χ4n) is 5.20. The van der Waals surface area contributed by atoms with E-state index in [0.29, 0.717) is 11.3 Å². The van der Waals surface area contributed by atoms with Gasteiger partial charge in [-0.3, -0.25) is 9.69 Å². The Kier molecular flexibility index (Phi) is 7.85. The third-order valence-corrected chi connectivity index (χ3v) is 7.07. The van der Waals surface area contributed by atoms with Gasteiger partial charge in [0.05, 0.1) is 6.04 Å². The number of carbonyl (C=O) groups is 1. The number of ether oxygens (including phenoxy) is 1. The van der Waals surface area contributed by atoms with Crippen molar-refractivity contribution < 1.29 is 13.9 Å². The SMILES string of the molecule is Cc1cccc(CN2CCc3ccc(O[C@H](C)C(=O)NCc4cccc(F)c4)cc3[C@H]2c2ccccc2)c1. The molecule has 1 aliphatic heterocycles. The first-order chi connectivity index (χ1) is 18.5. The van der Waals surface area contributed by atoms with Crippen molar-refractivity contribution in [1.82, 2.24) is 10.2 Å². The van der Waals surface area contributed by atoms with E-state index in [1.807, 2.05) is 12.1 Å². The topological polar surface area (TPSA) is 41.6 Å². The van der Waals surface area contributed by atoms with E-state index in [2.05, 4.69) is 77.8 Å². The molecule has 0 aliphatic carbocycles. The standard InChI is InChI=1S/C33H33FN2O2/c1-23-8-6-10-26(18-23)22-36-17-16-27-14-15-30(20-31(27)32(36)28-11-4-3-5-12-28)38-24(2)33(37)35-21-25-9-7-13-29(34)19-25/h3-15,18-20,24,32H,16-17,21-22H2,1-2H3,(H,35,37)/t24-,32-/m1/s1. The predicted molar refractivity (Wildman–Crippen MR) is 148 cm³/mol. The van der Waals surface area contributed by atoms with Gasteiger partial charge in [-0.2, -0.15) is 0 Å². The van der Waals surface area contributed by atoms with Crippen LogP contribution < -0.4 is 10.1 Å². The number of hydrogen-bond acceptors (Lipinski definition) is 3. The number of rotatable bonds is 8. The van der Waals surface area contributed by atoms with Gasteiger partial charge in [0, 0.05) is 19.6 Å². The average molecular weight is 509 g/mol. The van der Waals surface area contributed by atoms with Gasteiger partial charge in [-0.05, 0) is 72.4 Å². The molecule has 0 saturated carbocycles. The molecule has 4 aromatic carbocycles. The molecule has 0 unspecified atom stereocenters. The molecule has 1 N–H and O–H groups in total. The fourth-order valence-corrected chi connectivity index (χ4v) is 5.20. The maximum atomic E-state index is 13.5. The fraction of sp³-hybridized carbons (Fsp3) is 0.242. The Labute approximate surface area is 224 Å². The first-order valence-electron chi connectivity index (χ1n) is 13.1. The van der Waals surface area contributed by atoms with E-state index >= 15 is 0 Å². The van der Waals surface area contributed by atoms with Crippen LogP contribution in [-0.4, -0.2) is 23.5 Å². The molecule has 0 bridgehead atoms. The first-order valence-corrected chi connectivity index (χ1v) is 13.1. The maximum absolute atomic E-state index is 13.5. The van der Waals surface area contributed by atoms with Gasteiger partial charge in [-0.1, -0.05) is 78.4 Å². The summed E-state index contributed by atoms with van der Waals surface area (Å²) in [5.74, 6) is 0.0997. The number of hydrogen-bond donors (Lipinski definition) is 1. The third-order valence-electron chi connectivity index (χ3n) is 7.07. The molecule has 0 fully saturated rings. The largest absolute Gasteiger partial charge is 0.481 e. The Morgan fingerprint density at radius 3 is 2.55 bits per heavy atom. The van der Waals surface area contributed by atoms with Gasteiger partial charge < -0.3 is 10.1 Å². The Hall–Kier alpha value is -3.96. The van der Waals surface area contributed by atoms with Crippen molar-refractivity contribution in [3.63, 3.8) is 0 Å². The van der Waals surface area contributed by atoms with E-state index in [4.69, 9.17) is 4.74 Å². The minimum Gasteiger partial charge on any atom is -0.481 e. The molecule has 4 nitrogen and oxygen atoms in total. The molecule has 0 aromatic heterocycles. The highest BCUT2D eigenvalue weighted by atomic mass is 19.1. The summed E-state index contributed by atoms with van der Waals surface area (Å²) in [6.45, 7) is 5.92. The molecular formula is C33H33FN2O2. The van der Waals surface area contributed by atoms with Crippen molar-refractivity contribution in [3.8, 4) is 5.75 Å². The van der Waals surface area contributed by atoms with Gasteiger partial charge in [-0.25, -0.2) is 4.39 Å². The maximum Gasteiger partial charge on any atom is 0.261 e. The van der Waals surface area contributed by atoms with E-state index < -0.39 is 6.10 Å². The molecule has 194 valence electrons. The number of benzene rings is 4. The highest BCUT2D eigenvalue weighted by molar-refractivity contribution is 5.80. The van der Waals surface area contributed by atoms with Gasteiger partial charge in [0.1, 0.15) is 11.6 Å². The van der Waals surface area contributed by atoms with Crippen LogP contribution in [0.2, 0.25) is 0 Å². The summed E-state index contributed by atoms with van der Waals surface area (Å²) in [7, 11) is 0. The van der Waals surface area contributed by atoms with E-state index in [9.17, 15) is 9.18 Å². The molecule has 38 heavy (non-hydrogen) atoms. The van der Waals surface area contributed by atoms with Gasteiger partial charge in [0.2, 0.25) is 0 Å². The Morgan fingerprint density at radius 1 is 0.974 bits per heavy atom. The van der Waals surface area contributed by atoms with Crippen molar-refractivity contribution in [1.29, 1.82) is 0 Å². The highest BCUT2D eigenvalue weighted by Crippen LogP contribution is 2.38. The van der Waals surface area contributed by atoms with Crippen molar-refractivity contribution in [3.05, 3.63) is 136 Å². The summed E-state index contributed by atoms with van der Waals surface area (Å²) in [6, 6.07) is 31.7. The predicted octanol–water partition coefficient (Wildman–Crippen LogP) is 6.37. The summed E-state index contributed by atoms with van der Waals surface area (Å²) < 4.78 is 19.6. The summed E-state index contributed by atoms with van der Waals surface area (Å²) >= 11 is 0. The van der Waals surface area contributed by atoms with Crippen molar-refractivity contribution in [2.24, 2.45) is 0 Å². The lowest BCUT2D eigenvalue weighted by Gasteiger charge is -2.38. The van der Waals surface area contributed by atoms with E-state index in [-0.39, 0.29) is 24.3 Å². The first kappa shape index (κ1) is 25.7. The van der Waals surface area contributed by atoms with Crippen molar-refractivity contribution in [2.75, 3.05) is 6.54 Å². The van der Waals surface area contributed by atoms with Crippen LogP contribution in [0.25, 0.3) is 0 Å². The number of halogens is 1. The molecule has 0 saturated heterocycles. The van der Waals surface area contributed by atoms with Crippen LogP contribution in [0.1, 0.15) is 46.3 Å². The van der Waals surface area contributed by atoms with E-state index in [1.54, 1.807) is 19.1 Å². The summed E-state index contributed by atoms with van der Waals surface area (Å²) in [5, 5.41) is 2.84. The summed E-state index contributed by atoms with van der Waals surface area (Å²) in [6.07, 6.45) is 0.262. The molecule has 2 atom stereocenters. The normalized spacial score (nSPS) is 15.9. The number of fused-ring (bicyclic) bond motifs is 1. The molecule has 1 amide bonds. The summed E-state index contributed by atoms with van der Waals surface area (Å²) in [4.78, 5) is 15.2. The third kappa shape index (κ3) is 6.12. The van der Waals surface area contributed by atoms with Crippen molar-refractivity contribution in [2.45, 2.75) is 45.5 Å². The molecule has 4 aromatic rings. The molecule has 1 aliphatic rings. The number of nitrogens with zero attached hydrogens (tertiary/aromatic N) is 1. The van der Waals surface area contributed by atoms with Crippen LogP contribution in [0.5, 0.6) is 5.75 Å². The zero-order chi connectivity index (χ0) is 26.5. The molecular weight excluding hydrogens is 475 g/mol. The molecule has 0 spiro atoms. The number of nitrogens with one attached hydrogen (secondary N) is 1. The van der Waals surface area contributed by atoms with Crippen LogP contribution in [0, 0.1) is 12.7 Å². The zero-order valence-electron chi connectivity index (χ0n) is 21.9. The lowest BCUT2D eigenvalue weighted by atomic mass is 9.87. The Morgan fingerprint density at radius 2 is 1.76 bits per heavy atom. The molecule has 1 heterocycles. The van der Waals surface area contributed by atoms with Crippen LogP contribution >= 0.6 is 0 Å². The lowest BCUT2D eigenvalue weighted by Crippen LogP contribution is -2.37. The zero-order valence-corrected chi connectivity index (χ0v) is 21.9.